The summed E-state index contributed by atoms with van der Waals surface area (Å²) in [4.78, 5) is 38.6. The number of benzene rings is 1. The van der Waals surface area contributed by atoms with Crippen molar-refractivity contribution >= 4 is 21.7 Å². The fourth-order valence-electron chi connectivity index (χ4n) is 3.13. The maximum Gasteiger partial charge on any atom is 0.275 e. The van der Waals surface area contributed by atoms with Gasteiger partial charge in [0.05, 0.1) is 6.61 Å². The number of amides is 2. The average molecular weight is 486 g/mol. The summed E-state index contributed by atoms with van der Waals surface area (Å²) in [6.07, 6.45) is 0.940. The second-order valence-corrected chi connectivity index (χ2v) is 8.86. The largest absolute Gasteiger partial charge is 0.383 e. The van der Waals surface area contributed by atoms with Crippen molar-refractivity contribution in [3.63, 3.8) is 0 Å². The number of ether oxygens (including phenoxy) is 1. The molecule has 0 aliphatic carbocycles. The number of carbonyl (C=O) groups excluding carboxylic acids is 2. The van der Waals surface area contributed by atoms with Gasteiger partial charge in [-0.2, -0.15) is 0 Å². The van der Waals surface area contributed by atoms with Crippen LogP contribution in [0, 0.1) is 11.6 Å². The predicted molar refractivity (Wildman–Crippen MR) is 110 cm³/mol. The van der Waals surface area contributed by atoms with E-state index in [0.717, 1.165) is 23.0 Å². The fourth-order valence-corrected chi connectivity index (χ4v) is 4.13. The number of sulfone groups is 1. The Morgan fingerprint density at radius 2 is 2.03 bits per heavy atom. The minimum Gasteiger partial charge on any atom is -0.383 e. The van der Waals surface area contributed by atoms with Crippen LogP contribution in [-0.2, 0) is 21.1 Å². The zero-order valence-corrected chi connectivity index (χ0v) is 18.1. The first-order valence-electron chi connectivity index (χ1n) is 9.48. The molecule has 0 unspecified atom stereocenters. The van der Waals surface area contributed by atoms with E-state index < -0.39 is 67.4 Å². The number of pyridine rings is 1. The Balaban J connectivity index is 2.02. The molecular weight excluding hydrogens is 466 g/mol. The number of aliphatic hydroxyl groups excluding tert-OH is 1. The van der Waals surface area contributed by atoms with E-state index in [2.05, 4.69) is 10.7 Å². The first-order chi connectivity index (χ1) is 15.6. The topological polar surface area (TPSA) is 147 Å². The highest BCUT2D eigenvalue weighted by molar-refractivity contribution is 7.91. The van der Waals surface area contributed by atoms with Crippen molar-refractivity contribution in [3.05, 3.63) is 63.1 Å². The second kappa shape index (κ2) is 9.64. The normalized spacial score (nSPS) is 13.5. The molecule has 0 atom stereocenters. The van der Waals surface area contributed by atoms with Crippen molar-refractivity contribution in [2.45, 2.75) is 11.4 Å². The summed E-state index contributed by atoms with van der Waals surface area (Å²) in [5, 5.41) is 11.6. The van der Waals surface area contributed by atoms with E-state index in [1.54, 1.807) is 0 Å². The maximum atomic E-state index is 13.8. The van der Waals surface area contributed by atoms with E-state index in [9.17, 15) is 36.7 Å². The van der Waals surface area contributed by atoms with Crippen molar-refractivity contribution in [3.8, 4) is 0 Å². The highest BCUT2D eigenvalue weighted by atomic mass is 32.2. The van der Waals surface area contributed by atoms with Crippen molar-refractivity contribution in [1.29, 1.82) is 0 Å². The molecule has 0 spiro atoms. The summed E-state index contributed by atoms with van der Waals surface area (Å²) in [6.45, 7) is -0.287. The van der Waals surface area contributed by atoms with Crippen molar-refractivity contribution in [2.24, 2.45) is 0 Å². The van der Waals surface area contributed by atoms with Crippen LogP contribution in [0.5, 0.6) is 0 Å². The summed E-state index contributed by atoms with van der Waals surface area (Å²) in [7, 11) is -3.25. The molecule has 33 heavy (non-hydrogen) atoms. The molecule has 11 nitrogen and oxygen atoms in total. The van der Waals surface area contributed by atoms with Gasteiger partial charge in [0.2, 0.25) is 15.3 Å². The van der Waals surface area contributed by atoms with Gasteiger partial charge >= 0.3 is 0 Å². The fraction of sp³-hybridized carbons (Fsp3) is 0.316. The number of aliphatic hydroxyl groups is 1. The minimum absolute atomic E-state index is 0.0758. The molecule has 178 valence electrons. The number of aromatic nitrogens is 1. The van der Waals surface area contributed by atoms with Gasteiger partial charge in [-0.3, -0.25) is 19.1 Å². The number of carbonyl (C=O) groups is 2. The lowest BCUT2D eigenvalue weighted by molar-refractivity contribution is 0.0660. The quantitative estimate of drug-likeness (QED) is 0.448. The number of nitrogens with one attached hydrogen (secondary N) is 2. The van der Waals surface area contributed by atoms with E-state index in [1.165, 1.54) is 12.0 Å². The summed E-state index contributed by atoms with van der Waals surface area (Å²) in [6, 6.07) is 2.70. The molecule has 0 bridgehead atoms. The number of nitrogens with zero attached hydrogens (tertiary/aromatic N) is 2. The molecule has 14 heteroatoms. The van der Waals surface area contributed by atoms with Crippen LogP contribution < -0.4 is 16.2 Å². The first kappa shape index (κ1) is 24.3. The third-order valence-corrected chi connectivity index (χ3v) is 6.17. The third-order valence-electron chi connectivity index (χ3n) is 4.83. The highest BCUT2D eigenvalue weighted by Crippen LogP contribution is 2.19. The van der Waals surface area contributed by atoms with E-state index in [1.807, 2.05) is 0 Å². The Hall–Kier alpha value is -3.36. The SMILES string of the molecule is COCCN1CNn2cc(C(=O)NCc3ccc(F)cc3F)c(=O)c(S(=O)(=O)CO)c2C1=O. The van der Waals surface area contributed by atoms with Gasteiger partial charge in [-0.1, -0.05) is 6.07 Å². The van der Waals surface area contributed by atoms with Crippen molar-refractivity contribution < 1.29 is 36.6 Å². The average Bonchev–Trinajstić information content (AvgIpc) is 2.77. The van der Waals surface area contributed by atoms with Crippen LogP contribution in [0.3, 0.4) is 0 Å². The van der Waals surface area contributed by atoms with Gasteiger partial charge in [0, 0.05) is 38.0 Å². The van der Waals surface area contributed by atoms with E-state index in [-0.39, 0.29) is 25.4 Å². The van der Waals surface area contributed by atoms with Gasteiger partial charge in [-0.15, -0.1) is 0 Å². The minimum atomic E-state index is -4.66. The van der Waals surface area contributed by atoms with E-state index in [4.69, 9.17) is 4.74 Å². The number of fused-ring (bicyclic) bond motifs is 1. The van der Waals surface area contributed by atoms with Gasteiger partial charge in [0.1, 0.15) is 40.4 Å². The Bertz CT molecular complexity index is 1260. The Kier molecular flexibility index (Phi) is 7.09. The molecule has 1 aromatic carbocycles. The first-order valence-corrected chi connectivity index (χ1v) is 11.1. The molecule has 0 saturated heterocycles. The van der Waals surface area contributed by atoms with Gasteiger partial charge in [-0.05, 0) is 6.07 Å². The zero-order chi connectivity index (χ0) is 24.3. The van der Waals surface area contributed by atoms with Crippen molar-refractivity contribution in [2.75, 3.05) is 38.3 Å². The molecule has 2 heterocycles. The number of halogens is 2. The van der Waals surface area contributed by atoms with Crippen LogP contribution in [0.25, 0.3) is 0 Å². The van der Waals surface area contributed by atoms with E-state index in [0.29, 0.717) is 6.07 Å². The molecule has 2 amide bonds. The van der Waals surface area contributed by atoms with Crippen LogP contribution in [0.1, 0.15) is 26.4 Å². The van der Waals surface area contributed by atoms with Crippen LogP contribution in [0.2, 0.25) is 0 Å². The molecule has 1 aromatic heterocycles. The summed E-state index contributed by atoms with van der Waals surface area (Å²) >= 11 is 0. The molecule has 0 saturated carbocycles. The number of rotatable bonds is 8. The molecule has 1 aliphatic heterocycles. The lowest BCUT2D eigenvalue weighted by Crippen LogP contribution is -2.49. The van der Waals surface area contributed by atoms with Gasteiger partial charge in [0.25, 0.3) is 11.8 Å². The molecule has 1 aliphatic rings. The van der Waals surface area contributed by atoms with Gasteiger partial charge in [0.15, 0.2) is 0 Å². The molecule has 0 radical (unpaired) electrons. The number of methoxy groups -OCH3 is 1. The second-order valence-electron chi connectivity index (χ2n) is 6.96. The lowest BCUT2D eigenvalue weighted by Gasteiger charge is -2.32. The predicted octanol–water partition coefficient (Wildman–Crippen LogP) is -0.617. The Morgan fingerprint density at radius 3 is 2.67 bits per heavy atom. The van der Waals surface area contributed by atoms with Crippen molar-refractivity contribution in [1.82, 2.24) is 14.9 Å². The summed E-state index contributed by atoms with van der Waals surface area (Å²) in [5.41, 5.74) is 0.0755. The third kappa shape index (κ3) is 4.86. The standard InChI is InChI=1S/C19H20F2N4O7S/c1-32-5-4-24-9-23-25-8-13(16(27)17(15(25)19(24)29)33(30,31)10-26)18(28)22-7-11-2-3-12(20)6-14(11)21/h2-3,6,8,23,26H,4-5,7,9-10H2,1H3,(H,22,28). The maximum absolute atomic E-state index is 13.8. The lowest BCUT2D eigenvalue weighted by atomic mass is 10.1. The highest BCUT2D eigenvalue weighted by Gasteiger charge is 2.36. The van der Waals surface area contributed by atoms with Crippen LogP contribution in [0.4, 0.5) is 8.78 Å². The molecule has 3 rings (SSSR count). The smallest absolute Gasteiger partial charge is 0.275 e. The molecule has 2 aromatic rings. The summed E-state index contributed by atoms with van der Waals surface area (Å²) in [5.74, 6) is -5.11. The van der Waals surface area contributed by atoms with Crippen LogP contribution in [0.15, 0.2) is 34.1 Å². The molecular formula is C19H20F2N4O7S. The van der Waals surface area contributed by atoms with Gasteiger partial charge in [-0.25, -0.2) is 17.2 Å². The zero-order valence-electron chi connectivity index (χ0n) is 17.3. The molecule has 0 fully saturated rings. The number of hydrogen-bond acceptors (Lipinski definition) is 8. The van der Waals surface area contributed by atoms with Gasteiger partial charge < -0.3 is 25.5 Å². The summed E-state index contributed by atoms with van der Waals surface area (Å²) < 4.78 is 57.7. The monoisotopic (exact) mass is 486 g/mol. The Labute approximate surface area is 186 Å². The van der Waals surface area contributed by atoms with Crippen LogP contribution in [-0.4, -0.2) is 67.8 Å². The van der Waals surface area contributed by atoms with E-state index >= 15 is 0 Å². The Morgan fingerprint density at radius 1 is 1.30 bits per heavy atom. The van der Waals surface area contributed by atoms with Crippen LogP contribution >= 0.6 is 0 Å². The number of hydrogen-bond donors (Lipinski definition) is 3. The molecule has 3 N–H and O–H groups in total.